The third-order valence-electron chi connectivity index (χ3n) is 5.79. The molecule has 0 aliphatic heterocycles. The minimum atomic E-state index is -0.310. The third kappa shape index (κ3) is 9.34. The zero-order valence-electron chi connectivity index (χ0n) is 25.5. The molecule has 38 heavy (non-hydrogen) atoms. The molecule has 0 amide bonds. The first-order valence-corrected chi connectivity index (χ1v) is 13.7. The number of rotatable bonds is 5. The molecule has 3 heteroatoms. The number of nitriles is 1. The average Bonchev–Trinajstić information content (AvgIpc) is 2.92. The maximum absolute atomic E-state index is 10.1. The first-order valence-electron chi connectivity index (χ1n) is 13.7. The lowest BCUT2D eigenvalue weighted by atomic mass is 9.76. The van der Waals surface area contributed by atoms with E-state index in [4.69, 9.17) is 0 Å². The van der Waals surface area contributed by atoms with Gasteiger partial charge in [-0.05, 0) is 71.8 Å². The van der Waals surface area contributed by atoms with E-state index in [1.54, 1.807) is 6.07 Å². The monoisotopic (exact) mass is 512 g/mol. The molecule has 0 aliphatic carbocycles. The van der Waals surface area contributed by atoms with Crippen LogP contribution < -0.4 is 0 Å². The number of allylic oxidation sites excluding steroid dienone is 1. The molecule has 3 nitrogen and oxygen atoms in total. The molecule has 3 rings (SSSR count). The van der Waals surface area contributed by atoms with Crippen molar-refractivity contribution in [2.45, 2.75) is 88.0 Å². The Morgan fingerprint density at radius 2 is 1.42 bits per heavy atom. The van der Waals surface area contributed by atoms with E-state index in [2.05, 4.69) is 94.7 Å². The summed E-state index contributed by atoms with van der Waals surface area (Å²) < 4.78 is 0. The smallest absolute Gasteiger partial charge is 0.136 e. The van der Waals surface area contributed by atoms with Crippen LogP contribution in [-0.2, 0) is 5.41 Å². The van der Waals surface area contributed by atoms with Crippen molar-refractivity contribution < 1.29 is 5.11 Å². The maximum Gasteiger partial charge on any atom is 0.136 e. The van der Waals surface area contributed by atoms with Crippen LogP contribution in [-0.4, -0.2) is 11.3 Å². The summed E-state index contributed by atoms with van der Waals surface area (Å²) in [5.41, 5.74) is 8.13. The highest BCUT2D eigenvalue weighted by Crippen LogP contribution is 2.36. The van der Waals surface area contributed by atoms with Gasteiger partial charge in [-0.1, -0.05) is 111 Å². The number of hydrogen-bond donors (Lipinski definition) is 1. The van der Waals surface area contributed by atoms with Crippen molar-refractivity contribution in [2.24, 2.45) is 4.99 Å². The Morgan fingerprint density at radius 3 is 1.92 bits per heavy atom. The Morgan fingerprint density at radius 1 is 0.895 bits per heavy atom. The molecule has 1 N–H and O–H groups in total. The topological polar surface area (TPSA) is 56.4 Å². The molecule has 0 aromatic heterocycles. The standard InChI is InChI=1S/C28H28N2O.C3H8.2C2H6/c1-18(2)30-17-24-14-22(8-7-19(24)3)21-9-11-25(12-10-21)28(5,6)26-13-20(4)27(31)23(15-26)16-29;1-3-2;2*1-2/h7-15,17,31H,1H2,2-6H3;3H2,1-2H3;2*1-2H3. The van der Waals surface area contributed by atoms with Gasteiger partial charge in [-0.25, -0.2) is 0 Å². The van der Waals surface area contributed by atoms with Gasteiger partial charge in [0.25, 0.3) is 0 Å². The number of aryl methyl sites for hydroxylation is 2. The number of phenols is 1. The summed E-state index contributed by atoms with van der Waals surface area (Å²) in [7, 11) is 0. The normalized spacial score (nSPS) is 10.2. The van der Waals surface area contributed by atoms with Crippen LogP contribution in [0.4, 0.5) is 0 Å². The van der Waals surface area contributed by atoms with Crippen molar-refractivity contribution in [3.8, 4) is 22.9 Å². The summed E-state index contributed by atoms with van der Waals surface area (Å²) in [6.07, 6.45) is 3.11. The fraction of sp³-hybridized carbons (Fsp3) is 0.371. The molecule has 3 aromatic rings. The Hall–Kier alpha value is -3.64. The van der Waals surface area contributed by atoms with Crippen LogP contribution in [0, 0.1) is 25.2 Å². The van der Waals surface area contributed by atoms with E-state index in [1.165, 1.54) is 12.0 Å². The minimum Gasteiger partial charge on any atom is -0.506 e. The highest BCUT2D eigenvalue weighted by Gasteiger charge is 2.25. The van der Waals surface area contributed by atoms with E-state index in [-0.39, 0.29) is 11.2 Å². The molecule has 0 saturated heterocycles. The number of nitrogens with zero attached hydrogens (tertiary/aromatic N) is 2. The van der Waals surface area contributed by atoms with Crippen LogP contribution in [0.5, 0.6) is 5.75 Å². The van der Waals surface area contributed by atoms with Crippen LogP contribution in [0.15, 0.2) is 71.9 Å². The van der Waals surface area contributed by atoms with Gasteiger partial charge in [0.1, 0.15) is 11.8 Å². The first kappa shape index (κ1) is 34.4. The zero-order valence-corrected chi connectivity index (χ0v) is 25.5. The van der Waals surface area contributed by atoms with Gasteiger partial charge in [0.15, 0.2) is 0 Å². The fourth-order valence-electron chi connectivity index (χ4n) is 3.61. The third-order valence-corrected chi connectivity index (χ3v) is 5.79. The molecule has 3 aromatic carbocycles. The van der Waals surface area contributed by atoms with Crippen LogP contribution in [0.2, 0.25) is 0 Å². The van der Waals surface area contributed by atoms with Gasteiger partial charge >= 0.3 is 0 Å². The predicted molar refractivity (Wildman–Crippen MR) is 167 cm³/mol. The summed E-state index contributed by atoms with van der Waals surface area (Å²) in [6, 6.07) is 20.7. The number of aliphatic imine (C=N–C) groups is 1. The Kier molecular flexibility index (Phi) is 15.4. The summed E-state index contributed by atoms with van der Waals surface area (Å²) in [5.74, 6) is 0.0581. The van der Waals surface area contributed by atoms with Gasteiger partial charge in [0.2, 0.25) is 0 Å². The van der Waals surface area contributed by atoms with Crippen molar-refractivity contribution in [3.05, 3.63) is 100 Å². The van der Waals surface area contributed by atoms with Gasteiger partial charge in [0, 0.05) is 17.3 Å². The number of phenolic OH excluding ortho intramolecular Hbond substituents is 1. The van der Waals surface area contributed by atoms with Gasteiger partial charge in [-0.2, -0.15) is 5.26 Å². The Balaban J connectivity index is 0.00000179. The van der Waals surface area contributed by atoms with Gasteiger partial charge in [-0.15, -0.1) is 0 Å². The second kappa shape index (κ2) is 17.0. The summed E-state index contributed by atoms with van der Waals surface area (Å²) in [6.45, 7) is 26.1. The second-order valence-electron chi connectivity index (χ2n) is 9.28. The lowest BCUT2D eigenvalue weighted by molar-refractivity contribution is 0.468. The second-order valence-corrected chi connectivity index (χ2v) is 9.28. The van der Waals surface area contributed by atoms with E-state index < -0.39 is 0 Å². The van der Waals surface area contributed by atoms with Crippen LogP contribution in [0.3, 0.4) is 0 Å². The van der Waals surface area contributed by atoms with E-state index in [9.17, 15) is 10.4 Å². The van der Waals surface area contributed by atoms with Crippen molar-refractivity contribution >= 4 is 6.21 Å². The van der Waals surface area contributed by atoms with E-state index in [0.717, 1.165) is 33.5 Å². The lowest BCUT2D eigenvalue weighted by Gasteiger charge is -2.27. The number of hydrogen-bond acceptors (Lipinski definition) is 3. The SMILES string of the molecule is C=C(C)N=Cc1cc(-c2ccc(C(C)(C)c3cc(C)c(O)c(C#N)c3)cc2)ccc1C.CC.CC.CCC. The molecular formula is C35H48N2O. The van der Waals surface area contributed by atoms with Gasteiger partial charge in [0.05, 0.1) is 5.56 Å². The first-order chi connectivity index (χ1) is 18.0. The van der Waals surface area contributed by atoms with Gasteiger partial charge in [-0.3, -0.25) is 4.99 Å². The van der Waals surface area contributed by atoms with E-state index >= 15 is 0 Å². The predicted octanol–water partition coefficient (Wildman–Crippen LogP) is 10.3. The highest BCUT2D eigenvalue weighted by atomic mass is 16.3. The molecule has 0 fully saturated rings. The highest BCUT2D eigenvalue weighted by molar-refractivity contribution is 5.85. The largest absolute Gasteiger partial charge is 0.506 e. The zero-order chi connectivity index (χ0) is 29.5. The maximum atomic E-state index is 10.1. The number of aromatic hydroxyl groups is 1. The molecule has 0 radical (unpaired) electrons. The molecule has 204 valence electrons. The van der Waals surface area contributed by atoms with E-state index in [1.807, 2.05) is 53.8 Å². The molecule has 0 saturated carbocycles. The Bertz CT molecular complexity index is 1230. The van der Waals surface area contributed by atoms with Crippen molar-refractivity contribution in [1.82, 2.24) is 0 Å². The summed E-state index contributed by atoms with van der Waals surface area (Å²) >= 11 is 0. The fourth-order valence-corrected chi connectivity index (χ4v) is 3.61. The van der Waals surface area contributed by atoms with Crippen molar-refractivity contribution in [1.29, 1.82) is 5.26 Å². The van der Waals surface area contributed by atoms with Crippen LogP contribution in [0.25, 0.3) is 11.1 Å². The molecule has 0 unspecified atom stereocenters. The van der Waals surface area contributed by atoms with Gasteiger partial charge < -0.3 is 5.11 Å². The van der Waals surface area contributed by atoms with Crippen molar-refractivity contribution in [2.75, 3.05) is 0 Å². The summed E-state index contributed by atoms with van der Waals surface area (Å²) in [4.78, 5) is 4.34. The molecule has 0 spiro atoms. The molecule has 0 heterocycles. The van der Waals surface area contributed by atoms with Crippen molar-refractivity contribution in [3.63, 3.8) is 0 Å². The molecule has 0 bridgehead atoms. The number of benzene rings is 3. The lowest BCUT2D eigenvalue weighted by Crippen LogP contribution is -2.19. The quantitative estimate of drug-likeness (QED) is 0.346. The Labute approximate surface area is 232 Å². The van der Waals surface area contributed by atoms with Crippen LogP contribution in [0.1, 0.15) is 102 Å². The minimum absolute atomic E-state index is 0.0581. The summed E-state index contributed by atoms with van der Waals surface area (Å²) in [5, 5.41) is 19.4. The van der Waals surface area contributed by atoms with E-state index in [0.29, 0.717) is 11.1 Å². The molecule has 0 atom stereocenters. The molecular weight excluding hydrogens is 464 g/mol. The van der Waals surface area contributed by atoms with Crippen LogP contribution >= 0.6 is 0 Å². The molecule has 0 aliphatic rings. The average molecular weight is 513 g/mol.